The van der Waals surface area contributed by atoms with Crippen molar-refractivity contribution in [3.8, 4) is 0 Å². The van der Waals surface area contributed by atoms with Gasteiger partial charge < -0.3 is 9.88 Å². The Bertz CT molecular complexity index is 1070. The van der Waals surface area contributed by atoms with Gasteiger partial charge in [-0.05, 0) is 37.0 Å². The van der Waals surface area contributed by atoms with Crippen LogP contribution in [-0.4, -0.2) is 29.9 Å². The first-order valence-electron chi connectivity index (χ1n) is 8.81. The van der Waals surface area contributed by atoms with Gasteiger partial charge in [-0.1, -0.05) is 23.1 Å². The molecule has 0 bridgehead atoms. The number of aromatic nitrogens is 2. The van der Waals surface area contributed by atoms with E-state index in [-0.39, 0.29) is 16.8 Å². The van der Waals surface area contributed by atoms with E-state index >= 15 is 4.39 Å². The number of aryl methyl sites for hydroxylation is 1. The normalized spacial score (nSPS) is 13.7. The summed E-state index contributed by atoms with van der Waals surface area (Å²) in [6.07, 6.45) is 3.67. The molecule has 2 N–H and O–H groups in total. The second-order valence-electron chi connectivity index (χ2n) is 6.89. The lowest BCUT2D eigenvalue weighted by Gasteiger charge is -2.15. The molecule has 3 aromatic rings. The van der Waals surface area contributed by atoms with Gasteiger partial charge in [-0.3, -0.25) is 9.63 Å². The van der Waals surface area contributed by atoms with E-state index in [9.17, 15) is 4.79 Å². The van der Waals surface area contributed by atoms with Crippen LogP contribution in [0.25, 0.3) is 11.0 Å². The zero-order valence-electron chi connectivity index (χ0n) is 15.1. The van der Waals surface area contributed by atoms with Gasteiger partial charge in [-0.25, -0.2) is 14.9 Å². The number of hydrogen-bond donors (Lipinski definition) is 2. The maximum atomic E-state index is 15.2. The molecule has 1 heterocycles. The Hall–Kier alpha value is -2.58. The summed E-state index contributed by atoms with van der Waals surface area (Å²) in [5.74, 6) is -0.738. The molecular formula is C19H17BClFN4O2. The minimum atomic E-state index is -0.654. The number of halogens is 2. The molecule has 28 heavy (non-hydrogen) atoms. The first-order valence-corrected chi connectivity index (χ1v) is 9.19. The predicted octanol–water partition coefficient (Wildman–Crippen LogP) is 2.97. The van der Waals surface area contributed by atoms with Gasteiger partial charge in [0.2, 0.25) is 0 Å². The van der Waals surface area contributed by atoms with E-state index in [1.807, 2.05) is 0 Å². The number of benzene rings is 2. The molecule has 1 aromatic heterocycles. The number of nitrogens with one attached hydrogen (secondary N) is 2. The summed E-state index contributed by atoms with van der Waals surface area (Å²) < 4.78 is 16.9. The van der Waals surface area contributed by atoms with Crippen molar-refractivity contribution >= 4 is 53.2 Å². The Labute approximate surface area is 167 Å². The lowest BCUT2D eigenvalue weighted by Crippen LogP contribution is -2.26. The SMILES string of the molecule is [B]c1ccc(Nc2c(C(=O)NOCC3CC3)cc3c(ncn3C)c2F)c(Cl)c1. The van der Waals surface area contributed by atoms with Crippen molar-refractivity contribution in [3.63, 3.8) is 0 Å². The third kappa shape index (κ3) is 3.70. The molecule has 1 saturated carbocycles. The van der Waals surface area contributed by atoms with E-state index in [0.29, 0.717) is 34.2 Å². The van der Waals surface area contributed by atoms with Gasteiger partial charge in [0.25, 0.3) is 5.91 Å². The number of hydrogen-bond acceptors (Lipinski definition) is 4. The molecule has 1 aliphatic rings. The van der Waals surface area contributed by atoms with Crippen molar-refractivity contribution in [1.29, 1.82) is 0 Å². The molecule has 0 aliphatic heterocycles. The highest BCUT2D eigenvalue weighted by molar-refractivity contribution is 6.37. The molecule has 1 amide bonds. The molecule has 0 unspecified atom stereocenters. The molecule has 0 saturated heterocycles. The predicted molar refractivity (Wildman–Crippen MR) is 107 cm³/mol. The third-order valence-corrected chi connectivity index (χ3v) is 4.95. The molecule has 4 rings (SSSR count). The van der Waals surface area contributed by atoms with Crippen LogP contribution in [0.3, 0.4) is 0 Å². The number of carbonyl (C=O) groups is 1. The van der Waals surface area contributed by atoms with Gasteiger partial charge in [0, 0.05) is 7.05 Å². The molecule has 2 aromatic carbocycles. The van der Waals surface area contributed by atoms with E-state index in [2.05, 4.69) is 15.8 Å². The summed E-state index contributed by atoms with van der Waals surface area (Å²) in [5, 5.41) is 3.20. The fraction of sp³-hybridized carbons (Fsp3) is 0.263. The number of carbonyl (C=O) groups excluding carboxylic acids is 1. The quantitative estimate of drug-likeness (QED) is 0.495. The number of imidazole rings is 1. The van der Waals surface area contributed by atoms with Crippen LogP contribution >= 0.6 is 11.6 Å². The van der Waals surface area contributed by atoms with Gasteiger partial charge in [0.05, 0.1) is 40.4 Å². The molecule has 6 nitrogen and oxygen atoms in total. The van der Waals surface area contributed by atoms with Gasteiger partial charge in [0.1, 0.15) is 13.4 Å². The first kappa shape index (κ1) is 18.8. The summed E-state index contributed by atoms with van der Waals surface area (Å²) in [5.41, 5.74) is 3.96. The van der Waals surface area contributed by atoms with Crippen molar-refractivity contribution in [1.82, 2.24) is 15.0 Å². The van der Waals surface area contributed by atoms with Crippen LogP contribution in [0.4, 0.5) is 15.8 Å². The number of nitrogens with zero attached hydrogens (tertiary/aromatic N) is 2. The Morgan fingerprint density at radius 3 is 2.93 bits per heavy atom. The van der Waals surface area contributed by atoms with Gasteiger partial charge in [-0.2, -0.15) is 0 Å². The second kappa shape index (κ2) is 7.45. The highest BCUT2D eigenvalue weighted by Crippen LogP contribution is 2.33. The number of amides is 1. The Balaban J connectivity index is 1.73. The van der Waals surface area contributed by atoms with Crippen LogP contribution in [0.1, 0.15) is 23.2 Å². The topological polar surface area (TPSA) is 68.2 Å². The van der Waals surface area contributed by atoms with Crippen LogP contribution in [-0.2, 0) is 11.9 Å². The fourth-order valence-electron chi connectivity index (χ4n) is 2.86. The maximum Gasteiger partial charge on any atom is 0.277 e. The molecule has 1 aliphatic carbocycles. The average Bonchev–Trinajstić information content (AvgIpc) is 3.40. The van der Waals surface area contributed by atoms with Crippen LogP contribution in [0, 0.1) is 11.7 Å². The molecule has 0 spiro atoms. The van der Waals surface area contributed by atoms with Crippen molar-refractivity contribution < 1.29 is 14.0 Å². The van der Waals surface area contributed by atoms with Crippen molar-refractivity contribution in [3.05, 3.63) is 47.0 Å². The zero-order chi connectivity index (χ0) is 19.8. The number of rotatable bonds is 6. The zero-order valence-corrected chi connectivity index (χ0v) is 15.9. The summed E-state index contributed by atoms with van der Waals surface area (Å²) >= 11 is 6.20. The standard InChI is InChI=1S/C19H17BClFN4O2/c1-26-9-23-18-15(26)7-12(19(27)25-28-8-10-2-3-10)17(16(18)22)24-14-5-4-11(20)6-13(14)21/h4-7,9-10,24H,2-3,8H2,1H3,(H,25,27). The van der Waals surface area contributed by atoms with Crippen LogP contribution in [0.5, 0.6) is 0 Å². The number of fused-ring (bicyclic) bond motifs is 1. The summed E-state index contributed by atoms with van der Waals surface area (Å²) in [7, 11) is 7.44. The van der Waals surface area contributed by atoms with Crippen molar-refractivity contribution in [2.75, 3.05) is 11.9 Å². The maximum absolute atomic E-state index is 15.2. The molecule has 142 valence electrons. The molecular weight excluding hydrogens is 381 g/mol. The smallest absolute Gasteiger partial charge is 0.277 e. The molecule has 0 atom stereocenters. The fourth-order valence-corrected chi connectivity index (χ4v) is 3.09. The number of anilines is 2. The largest absolute Gasteiger partial charge is 0.351 e. The van der Waals surface area contributed by atoms with E-state index in [0.717, 1.165) is 12.8 Å². The van der Waals surface area contributed by atoms with E-state index in [4.69, 9.17) is 24.3 Å². The first-order chi connectivity index (χ1) is 13.4. The summed E-state index contributed by atoms with van der Waals surface area (Å²) in [4.78, 5) is 22.1. The molecule has 9 heteroatoms. The summed E-state index contributed by atoms with van der Waals surface area (Å²) in [6, 6.07) is 6.35. The Morgan fingerprint density at radius 2 is 2.21 bits per heavy atom. The Morgan fingerprint density at radius 1 is 1.43 bits per heavy atom. The van der Waals surface area contributed by atoms with Crippen LogP contribution in [0.15, 0.2) is 30.6 Å². The van der Waals surface area contributed by atoms with Gasteiger partial charge in [0.15, 0.2) is 5.82 Å². The Kier molecular flexibility index (Phi) is 4.99. The second-order valence-corrected chi connectivity index (χ2v) is 7.29. The molecule has 2 radical (unpaired) electrons. The van der Waals surface area contributed by atoms with Crippen LogP contribution < -0.4 is 16.3 Å². The van der Waals surface area contributed by atoms with E-state index in [1.54, 1.807) is 35.9 Å². The number of hydroxylamine groups is 1. The minimum absolute atomic E-state index is 0.0367. The van der Waals surface area contributed by atoms with Crippen molar-refractivity contribution in [2.24, 2.45) is 13.0 Å². The van der Waals surface area contributed by atoms with Gasteiger partial charge in [-0.15, -0.1) is 0 Å². The van der Waals surface area contributed by atoms with Crippen LogP contribution in [0.2, 0.25) is 5.02 Å². The highest BCUT2D eigenvalue weighted by atomic mass is 35.5. The lowest BCUT2D eigenvalue weighted by molar-refractivity contribution is 0.0271. The average molecular weight is 399 g/mol. The van der Waals surface area contributed by atoms with Crippen molar-refractivity contribution in [2.45, 2.75) is 12.8 Å². The monoisotopic (exact) mass is 398 g/mol. The highest BCUT2D eigenvalue weighted by Gasteiger charge is 2.24. The minimum Gasteiger partial charge on any atom is -0.351 e. The third-order valence-electron chi connectivity index (χ3n) is 4.64. The summed E-state index contributed by atoms with van der Waals surface area (Å²) in [6.45, 7) is 0.439. The van der Waals surface area contributed by atoms with E-state index in [1.165, 1.54) is 6.33 Å². The van der Waals surface area contributed by atoms with E-state index < -0.39 is 11.7 Å². The molecule has 1 fully saturated rings. The lowest BCUT2D eigenvalue weighted by atomic mass is 9.96. The van der Waals surface area contributed by atoms with Gasteiger partial charge >= 0.3 is 0 Å².